The number of thiophene rings is 1. The fourth-order valence-electron chi connectivity index (χ4n) is 5.00. The van der Waals surface area contributed by atoms with Crippen molar-refractivity contribution < 1.29 is 9.47 Å². The Bertz CT molecular complexity index is 1550. The maximum Gasteiger partial charge on any atom is 0.235 e. The van der Waals surface area contributed by atoms with Gasteiger partial charge in [0.1, 0.15) is 9.71 Å². The summed E-state index contributed by atoms with van der Waals surface area (Å²) in [5.74, 6) is 0.489. The highest BCUT2D eigenvalue weighted by Gasteiger charge is 2.44. The maximum atomic E-state index is 7.02. The number of nitrogens with two attached hydrogens (primary N) is 1. The van der Waals surface area contributed by atoms with Crippen LogP contribution in [0, 0.1) is 6.92 Å². The smallest absolute Gasteiger partial charge is 0.235 e. The molecule has 6 heteroatoms. The van der Waals surface area contributed by atoms with E-state index >= 15 is 0 Å². The van der Waals surface area contributed by atoms with Gasteiger partial charge in [-0.25, -0.2) is 9.98 Å². The lowest BCUT2D eigenvalue weighted by Gasteiger charge is -2.39. The molecule has 0 radical (unpaired) electrons. The fourth-order valence-corrected chi connectivity index (χ4v) is 6.12. The molecule has 178 valence electrons. The van der Waals surface area contributed by atoms with Crippen LogP contribution in [0.1, 0.15) is 32.8 Å². The van der Waals surface area contributed by atoms with Crippen LogP contribution in [-0.2, 0) is 21.7 Å². The molecule has 6 rings (SSSR count). The molecule has 5 nitrogen and oxygen atoms in total. The van der Waals surface area contributed by atoms with Crippen molar-refractivity contribution in [3.8, 4) is 0 Å². The second-order valence-electron chi connectivity index (χ2n) is 8.83. The van der Waals surface area contributed by atoms with Crippen LogP contribution in [0.2, 0.25) is 0 Å². The largest absolute Gasteiger partial charge is 0.455 e. The molecule has 5 aromatic rings. The van der Waals surface area contributed by atoms with Crippen molar-refractivity contribution in [3.05, 3.63) is 124 Å². The van der Waals surface area contributed by atoms with Crippen molar-refractivity contribution in [1.29, 1.82) is 0 Å². The zero-order chi connectivity index (χ0) is 24.7. The van der Waals surface area contributed by atoms with Gasteiger partial charge in [-0.3, -0.25) is 0 Å². The second-order valence-corrected chi connectivity index (χ2v) is 9.83. The summed E-state index contributed by atoms with van der Waals surface area (Å²) in [6.07, 6.45) is 0. The lowest BCUT2D eigenvalue weighted by atomic mass is 9.78. The predicted molar refractivity (Wildman–Crippen MR) is 146 cm³/mol. The molecule has 1 aliphatic heterocycles. The highest BCUT2D eigenvalue weighted by atomic mass is 32.1. The fraction of sp³-hybridized carbons (Fsp3) is 0.133. The minimum atomic E-state index is -0.891. The van der Waals surface area contributed by atoms with E-state index < -0.39 is 5.60 Å². The SMILES string of the molecule is COCc1cc(C)nc2sc(C3=Nc4ccccc4C(c4ccccc4)(c4ccccc4)O3)c(N)c12. The Hall–Kier alpha value is -4.00. The molecule has 0 saturated carbocycles. The Morgan fingerprint density at radius 3 is 2.22 bits per heavy atom. The number of pyridine rings is 1. The molecular weight excluding hydrogens is 466 g/mol. The third-order valence-corrected chi connectivity index (χ3v) is 7.61. The number of anilines is 1. The van der Waals surface area contributed by atoms with E-state index in [1.165, 1.54) is 11.3 Å². The Balaban J connectivity index is 1.63. The van der Waals surface area contributed by atoms with Gasteiger partial charge < -0.3 is 15.2 Å². The summed E-state index contributed by atoms with van der Waals surface area (Å²) in [5.41, 5.74) is 12.3. The first-order chi connectivity index (χ1) is 17.6. The van der Waals surface area contributed by atoms with Gasteiger partial charge in [0.15, 0.2) is 5.60 Å². The van der Waals surface area contributed by atoms with Crippen LogP contribution in [0.15, 0.2) is 96.0 Å². The first-order valence-corrected chi connectivity index (χ1v) is 12.6. The number of nitrogens with zero attached hydrogens (tertiary/aromatic N) is 2. The maximum absolute atomic E-state index is 7.02. The number of benzene rings is 3. The summed E-state index contributed by atoms with van der Waals surface area (Å²) in [5, 5.41) is 0.901. The molecule has 3 heterocycles. The summed E-state index contributed by atoms with van der Waals surface area (Å²) in [4.78, 5) is 11.4. The van der Waals surface area contributed by atoms with Crippen LogP contribution >= 0.6 is 11.3 Å². The van der Waals surface area contributed by atoms with E-state index in [1.807, 2.05) is 67.6 Å². The number of aliphatic imine (C=N–C) groups is 1. The molecule has 3 aromatic carbocycles. The quantitative estimate of drug-likeness (QED) is 0.296. The lowest BCUT2D eigenvalue weighted by molar-refractivity contribution is 0.138. The normalized spacial score (nSPS) is 14.2. The Morgan fingerprint density at radius 2 is 1.56 bits per heavy atom. The van der Waals surface area contributed by atoms with Gasteiger partial charge in [0.2, 0.25) is 5.90 Å². The molecule has 2 N–H and O–H groups in total. The van der Waals surface area contributed by atoms with Gasteiger partial charge in [0.25, 0.3) is 0 Å². The van der Waals surface area contributed by atoms with Gasteiger partial charge in [-0.05, 0) is 24.6 Å². The van der Waals surface area contributed by atoms with Gasteiger partial charge in [-0.1, -0.05) is 78.9 Å². The van der Waals surface area contributed by atoms with Crippen molar-refractivity contribution in [1.82, 2.24) is 4.98 Å². The molecule has 36 heavy (non-hydrogen) atoms. The molecule has 0 atom stereocenters. The molecule has 1 aliphatic rings. The molecule has 0 fully saturated rings. The Kier molecular flexibility index (Phi) is 5.55. The number of para-hydroxylation sites is 1. The second kappa shape index (κ2) is 8.90. The molecule has 0 spiro atoms. The van der Waals surface area contributed by atoms with Crippen LogP contribution in [-0.4, -0.2) is 18.0 Å². The summed E-state index contributed by atoms with van der Waals surface area (Å²) >= 11 is 1.50. The Labute approximate surface area is 213 Å². The molecule has 0 unspecified atom stereocenters. The van der Waals surface area contributed by atoms with E-state index in [1.54, 1.807) is 7.11 Å². The van der Waals surface area contributed by atoms with Gasteiger partial charge in [-0.2, -0.15) is 0 Å². The summed E-state index contributed by atoms with van der Waals surface area (Å²) in [7, 11) is 1.68. The molecule has 0 bridgehead atoms. The number of rotatable bonds is 5. The number of aryl methyl sites for hydroxylation is 1. The number of hydrogen-bond donors (Lipinski definition) is 1. The predicted octanol–water partition coefficient (Wildman–Crippen LogP) is 6.73. The third kappa shape index (κ3) is 3.49. The standard InChI is InChI=1S/C30H25N3O2S/c1-19-17-20(18-34-2)25-26(31)27(36-29(25)32-19)28-33-24-16-10-9-15-23(24)30(35-28,21-11-5-3-6-12-21)22-13-7-4-8-14-22/h3-17H,18,31H2,1-2H3. The zero-order valence-electron chi connectivity index (χ0n) is 20.1. The van der Waals surface area contributed by atoms with Gasteiger partial charge in [0, 0.05) is 34.9 Å². The molecular formula is C30H25N3O2S. The van der Waals surface area contributed by atoms with E-state index in [9.17, 15) is 0 Å². The van der Waals surface area contributed by atoms with Gasteiger partial charge in [-0.15, -0.1) is 11.3 Å². The number of hydrogen-bond acceptors (Lipinski definition) is 6. The number of ether oxygens (including phenoxy) is 2. The number of methoxy groups -OCH3 is 1. The van der Waals surface area contributed by atoms with E-state index in [0.29, 0.717) is 18.2 Å². The molecule has 0 aliphatic carbocycles. The Morgan fingerprint density at radius 1 is 0.917 bits per heavy atom. The van der Waals surface area contributed by atoms with E-state index in [2.05, 4.69) is 30.3 Å². The molecule has 0 saturated heterocycles. The summed E-state index contributed by atoms with van der Waals surface area (Å²) < 4.78 is 12.5. The summed E-state index contributed by atoms with van der Waals surface area (Å²) in [6, 6.07) is 30.7. The lowest BCUT2D eigenvalue weighted by Crippen LogP contribution is -2.37. The van der Waals surface area contributed by atoms with E-state index in [4.69, 9.17) is 25.2 Å². The zero-order valence-corrected chi connectivity index (χ0v) is 20.9. The highest BCUT2D eigenvalue weighted by Crippen LogP contribution is 2.49. The van der Waals surface area contributed by atoms with E-state index in [-0.39, 0.29) is 0 Å². The summed E-state index contributed by atoms with van der Waals surface area (Å²) in [6.45, 7) is 2.43. The van der Waals surface area contributed by atoms with Crippen LogP contribution in [0.3, 0.4) is 0 Å². The van der Waals surface area contributed by atoms with Crippen molar-refractivity contribution >= 4 is 38.8 Å². The van der Waals surface area contributed by atoms with E-state index in [0.717, 1.165) is 48.7 Å². The number of fused-ring (bicyclic) bond motifs is 2. The van der Waals surface area contributed by atoms with Crippen molar-refractivity contribution in [2.24, 2.45) is 4.99 Å². The van der Waals surface area contributed by atoms with Crippen LogP contribution in [0.4, 0.5) is 11.4 Å². The van der Waals surface area contributed by atoms with Gasteiger partial charge in [0.05, 0.1) is 18.0 Å². The van der Waals surface area contributed by atoms with Crippen LogP contribution < -0.4 is 5.73 Å². The first kappa shape index (κ1) is 22.5. The minimum Gasteiger partial charge on any atom is -0.455 e. The van der Waals surface area contributed by atoms with Crippen LogP contribution in [0.5, 0.6) is 0 Å². The third-order valence-electron chi connectivity index (χ3n) is 6.52. The highest BCUT2D eigenvalue weighted by molar-refractivity contribution is 7.21. The average Bonchev–Trinajstić information content (AvgIpc) is 3.25. The number of nitrogen functional groups attached to an aromatic ring is 1. The van der Waals surface area contributed by atoms with Gasteiger partial charge >= 0.3 is 0 Å². The van der Waals surface area contributed by atoms with Crippen molar-refractivity contribution in [3.63, 3.8) is 0 Å². The topological polar surface area (TPSA) is 69.7 Å². The van der Waals surface area contributed by atoms with Crippen molar-refractivity contribution in [2.75, 3.05) is 12.8 Å². The van der Waals surface area contributed by atoms with Crippen LogP contribution in [0.25, 0.3) is 10.2 Å². The monoisotopic (exact) mass is 491 g/mol. The average molecular weight is 492 g/mol. The number of aromatic nitrogens is 1. The van der Waals surface area contributed by atoms with Crippen molar-refractivity contribution in [2.45, 2.75) is 19.1 Å². The molecule has 2 aromatic heterocycles. The minimum absolute atomic E-state index is 0.453. The first-order valence-electron chi connectivity index (χ1n) is 11.8. The molecule has 0 amide bonds.